The first-order valence-corrected chi connectivity index (χ1v) is 12.5. The van der Waals surface area contributed by atoms with E-state index in [1.807, 2.05) is 44.2 Å². The molecule has 1 fully saturated rings. The Bertz CT molecular complexity index is 1310. The minimum Gasteiger partial charge on any atom is -0.492 e. The van der Waals surface area contributed by atoms with Crippen molar-refractivity contribution in [3.63, 3.8) is 0 Å². The van der Waals surface area contributed by atoms with Gasteiger partial charge in [0, 0.05) is 37.6 Å². The van der Waals surface area contributed by atoms with Crippen molar-refractivity contribution in [2.24, 2.45) is 0 Å². The number of carbonyl (C=O) groups excluding carboxylic acids is 2. The number of urea groups is 2. The highest BCUT2D eigenvalue weighted by Crippen LogP contribution is 2.34. The van der Waals surface area contributed by atoms with Gasteiger partial charge in [-0.1, -0.05) is 18.2 Å². The first-order chi connectivity index (χ1) is 18.6. The average molecular weight is 542 g/mol. The van der Waals surface area contributed by atoms with E-state index in [1.54, 1.807) is 12.1 Å². The van der Waals surface area contributed by atoms with Gasteiger partial charge in [0.1, 0.15) is 5.75 Å². The van der Waals surface area contributed by atoms with Crippen LogP contribution in [-0.4, -0.2) is 49.7 Å². The Hall–Kier alpha value is -4.41. The third-order valence-corrected chi connectivity index (χ3v) is 6.21. The van der Waals surface area contributed by atoms with E-state index in [9.17, 15) is 22.8 Å². The lowest BCUT2D eigenvalue weighted by Crippen LogP contribution is -2.50. The van der Waals surface area contributed by atoms with Gasteiger partial charge < -0.3 is 30.5 Å². The van der Waals surface area contributed by atoms with Gasteiger partial charge in [-0.15, -0.1) is 0 Å². The molecule has 39 heavy (non-hydrogen) atoms. The maximum atomic E-state index is 13.2. The summed E-state index contributed by atoms with van der Waals surface area (Å²) in [5.41, 5.74) is 1.93. The molecule has 0 atom stereocenters. The topological polar surface area (TPSA) is 85.9 Å². The number of rotatable bonds is 6. The van der Waals surface area contributed by atoms with E-state index in [0.29, 0.717) is 49.9 Å². The lowest BCUT2D eigenvalue weighted by molar-refractivity contribution is -0.136. The van der Waals surface area contributed by atoms with Gasteiger partial charge in [-0.25, -0.2) is 9.59 Å². The summed E-state index contributed by atoms with van der Waals surface area (Å²) < 4.78 is 45.3. The summed E-state index contributed by atoms with van der Waals surface area (Å²) in [4.78, 5) is 28.7. The molecule has 8 nitrogen and oxygen atoms in total. The summed E-state index contributed by atoms with van der Waals surface area (Å²) in [6.07, 6.45) is -4.56. The van der Waals surface area contributed by atoms with E-state index in [0.717, 1.165) is 17.3 Å². The van der Waals surface area contributed by atoms with Crippen molar-refractivity contribution < 1.29 is 27.5 Å². The predicted molar refractivity (Wildman–Crippen MR) is 146 cm³/mol. The summed E-state index contributed by atoms with van der Waals surface area (Å²) in [6, 6.07) is 16.8. The Kier molecular flexibility index (Phi) is 8.48. The number of hydrogen-bond acceptors (Lipinski definition) is 4. The minimum absolute atomic E-state index is 0.263. The molecule has 206 valence electrons. The molecule has 3 N–H and O–H groups in total. The van der Waals surface area contributed by atoms with Crippen molar-refractivity contribution in [3.05, 3.63) is 77.9 Å². The van der Waals surface area contributed by atoms with Crippen LogP contribution in [0.5, 0.6) is 5.75 Å². The first-order valence-electron chi connectivity index (χ1n) is 12.5. The normalized spacial score (nSPS) is 13.6. The maximum absolute atomic E-state index is 13.2. The molecule has 0 unspecified atom stereocenters. The molecule has 0 radical (unpaired) electrons. The zero-order chi connectivity index (χ0) is 28.0. The predicted octanol–water partition coefficient (Wildman–Crippen LogP) is 6.41. The molecule has 3 aromatic rings. The molecule has 1 heterocycles. The molecule has 4 amide bonds. The molecule has 0 saturated carbocycles. The molecule has 11 heteroatoms. The molecule has 3 aromatic carbocycles. The van der Waals surface area contributed by atoms with Crippen molar-refractivity contribution in [1.29, 1.82) is 0 Å². The van der Waals surface area contributed by atoms with Crippen LogP contribution in [0.25, 0.3) is 0 Å². The van der Waals surface area contributed by atoms with Crippen molar-refractivity contribution in [1.82, 2.24) is 4.90 Å². The van der Waals surface area contributed by atoms with E-state index < -0.39 is 23.8 Å². The van der Waals surface area contributed by atoms with Gasteiger partial charge in [0.25, 0.3) is 0 Å². The van der Waals surface area contributed by atoms with Gasteiger partial charge in [-0.05, 0) is 67.9 Å². The van der Waals surface area contributed by atoms with Crippen LogP contribution < -0.4 is 25.6 Å². The molecular formula is C28H30F3N5O3. The number of alkyl halides is 3. The Labute approximate surface area is 224 Å². The third-order valence-electron chi connectivity index (χ3n) is 6.21. The highest BCUT2D eigenvalue weighted by atomic mass is 19.4. The number of ether oxygens (including phenoxy) is 1. The molecule has 0 bridgehead atoms. The second-order valence-corrected chi connectivity index (χ2v) is 9.01. The van der Waals surface area contributed by atoms with Crippen molar-refractivity contribution in [2.75, 3.05) is 53.6 Å². The number of amides is 4. The summed E-state index contributed by atoms with van der Waals surface area (Å²) in [5, 5.41) is 8.01. The van der Waals surface area contributed by atoms with Gasteiger partial charge in [-0.2, -0.15) is 13.2 Å². The summed E-state index contributed by atoms with van der Waals surface area (Å²) in [5.74, 6) is 0.589. The quantitative estimate of drug-likeness (QED) is 0.337. The number of para-hydroxylation sites is 1. The van der Waals surface area contributed by atoms with E-state index in [4.69, 9.17) is 4.74 Å². The van der Waals surface area contributed by atoms with Crippen molar-refractivity contribution >= 4 is 34.8 Å². The maximum Gasteiger partial charge on any atom is 0.418 e. The fraction of sp³-hybridized carbons (Fsp3) is 0.286. The number of nitrogens with zero attached hydrogens (tertiary/aromatic N) is 2. The Balaban J connectivity index is 1.30. The van der Waals surface area contributed by atoms with Crippen LogP contribution in [0.3, 0.4) is 0 Å². The highest BCUT2D eigenvalue weighted by Gasteiger charge is 2.34. The molecule has 0 aliphatic carbocycles. The molecular weight excluding hydrogens is 511 g/mol. The van der Waals surface area contributed by atoms with Crippen LogP contribution in [0.1, 0.15) is 18.1 Å². The summed E-state index contributed by atoms with van der Waals surface area (Å²) in [6.45, 7) is 5.99. The zero-order valence-electron chi connectivity index (χ0n) is 21.6. The van der Waals surface area contributed by atoms with Crippen LogP contribution in [0, 0.1) is 6.92 Å². The van der Waals surface area contributed by atoms with Crippen LogP contribution in [-0.2, 0) is 6.18 Å². The fourth-order valence-electron chi connectivity index (χ4n) is 4.26. The van der Waals surface area contributed by atoms with Gasteiger partial charge in [0.15, 0.2) is 0 Å². The Morgan fingerprint density at radius 1 is 0.872 bits per heavy atom. The number of carbonyl (C=O) groups is 2. The standard InChI is InChI=1S/C28H30F3N5O3/c1-3-39-25-13-8-19(2)18-24(25)33-26(37)32-20-9-11-21(12-10-20)35-14-16-36(17-15-35)27(38)34-23-7-5-4-6-22(23)28(29,30)31/h4-13,18H,3,14-17H2,1-2H3,(H,34,38)(H2,32,33,37). The van der Waals surface area contributed by atoms with Gasteiger partial charge in [0.2, 0.25) is 0 Å². The smallest absolute Gasteiger partial charge is 0.418 e. The molecule has 4 rings (SSSR count). The summed E-state index contributed by atoms with van der Waals surface area (Å²) in [7, 11) is 0. The molecule has 1 saturated heterocycles. The number of nitrogens with one attached hydrogen (secondary N) is 3. The Morgan fingerprint density at radius 3 is 2.23 bits per heavy atom. The number of anilines is 4. The van der Waals surface area contributed by atoms with E-state index in [2.05, 4.69) is 20.9 Å². The van der Waals surface area contributed by atoms with Crippen LogP contribution >= 0.6 is 0 Å². The van der Waals surface area contributed by atoms with E-state index in [-0.39, 0.29) is 5.69 Å². The van der Waals surface area contributed by atoms with Crippen LogP contribution in [0.15, 0.2) is 66.7 Å². The second-order valence-electron chi connectivity index (χ2n) is 9.01. The second kappa shape index (κ2) is 12.0. The lowest BCUT2D eigenvalue weighted by atomic mass is 10.1. The number of piperazine rings is 1. The average Bonchev–Trinajstić information content (AvgIpc) is 2.90. The molecule has 0 spiro atoms. The van der Waals surface area contributed by atoms with Gasteiger partial charge >= 0.3 is 18.2 Å². The largest absolute Gasteiger partial charge is 0.492 e. The van der Waals surface area contributed by atoms with Crippen LogP contribution in [0.4, 0.5) is 45.5 Å². The zero-order valence-corrected chi connectivity index (χ0v) is 21.6. The molecule has 1 aliphatic rings. The molecule has 1 aliphatic heterocycles. The monoisotopic (exact) mass is 541 g/mol. The van der Waals surface area contributed by atoms with E-state index >= 15 is 0 Å². The summed E-state index contributed by atoms with van der Waals surface area (Å²) >= 11 is 0. The van der Waals surface area contributed by atoms with Gasteiger partial charge in [-0.3, -0.25) is 0 Å². The number of hydrogen-bond donors (Lipinski definition) is 3. The third kappa shape index (κ3) is 7.13. The number of aryl methyl sites for hydroxylation is 1. The minimum atomic E-state index is -4.56. The molecule has 0 aromatic heterocycles. The first kappa shape index (κ1) is 27.6. The number of benzene rings is 3. The van der Waals surface area contributed by atoms with Crippen LogP contribution in [0.2, 0.25) is 0 Å². The fourth-order valence-corrected chi connectivity index (χ4v) is 4.26. The highest BCUT2D eigenvalue weighted by molar-refractivity contribution is 6.00. The van der Waals surface area contributed by atoms with Crippen molar-refractivity contribution in [2.45, 2.75) is 20.0 Å². The van der Waals surface area contributed by atoms with Gasteiger partial charge in [0.05, 0.1) is 23.5 Å². The lowest BCUT2D eigenvalue weighted by Gasteiger charge is -2.36. The SMILES string of the molecule is CCOc1ccc(C)cc1NC(=O)Nc1ccc(N2CCN(C(=O)Nc3ccccc3C(F)(F)F)CC2)cc1. The Morgan fingerprint density at radius 2 is 1.56 bits per heavy atom. The van der Waals surface area contributed by atoms with E-state index in [1.165, 1.54) is 23.1 Å². The van der Waals surface area contributed by atoms with Crippen molar-refractivity contribution in [3.8, 4) is 5.75 Å². The number of halogens is 3.